The molecule has 0 spiro atoms. The molecule has 2 fully saturated rings. The number of hydrogen-bond acceptors (Lipinski definition) is 6. The van der Waals surface area contributed by atoms with Crippen molar-refractivity contribution in [3.8, 4) is 0 Å². The maximum Gasteiger partial charge on any atom is 0.262 e. The molecule has 1 atom stereocenters. The zero-order chi connectivity index (χ0) is 29.6. The van der Waals surface area contributed by atoms with Crippen LogP contribution in [0.25, 0.3) is 5.57 Å². The second-order valence-corrected chi connectivity index (χ2v) is 13.2. The minimum absolute atomic E-state index is 0.115. The fourth-order valence-electron chi connectivity index (χ4n) is 6.82. The molecule has 0 bridgehead atoms. The van der Waals surface area contributed by atoms with Crippen LogP contribution in [0, 0.1) is 12.3 Å². The molecule has 3 aliphatic heterocycles. The zero-order valence-corrected chi connectivity index (χ0v) is 24.9. The Morgan fingerprint density at radius 1 is 0.833 bits per heavy atom. The van der Waals surface area contributed by atoms with Crippen LogP contribution < -0.4 is 5.32 Å². The number of aryl methyl sites for hydroxylation is 1. The highest BCUT2D eigenvalue weighted by atomic mass is 16.2. The van der Waals surface area contributed by atoms with E-state index in [9.17, 15) is 19.2 Å². The Balaban J connectivity index is 1.09. The summed E-state index contributed by atoms with van der Waals surface area (Å²) in [5, 5.41) is 2.25. The lowest BCUT2D eigenvalue weighted by molar-refractivity contribution is -0.136. The quantitative estimate of drug-likeness (QED) is 0.526. The van der Waals surface area contributed by atoms with Crippen LogP contribution in [0.2, 0.25) is 0 Å². The van der Waals surface area contributed by atoms with E-state index in [0.29, 0.717) is 23.1 Å². The lowest BCUT2D eigenvalue weighted by atomic mass is 9.72. The van der Waals surface area contributed by atoms with Crippen LogP contribution >= 0.6 is 0 Å². The lowest BCUT2D eigenvalue weighted by Gasteiger charge is -2.38. The summed E-state index contributed by atoms with van der Waals surface area (Å²) in [6, 6.07) is 13.5. The average molecular weight is 569 g/mol. The number of nitrogens with one attached hydrogen (secondary N) is 1. The third kappa shape index (κ3) is 5.70. The summed E-state index contributed by atoms with van der Waals surface area (Å²) in [6.07, 6.45) is 3.76. The van der Waals surface area contributed by atoms with Crippen LogP contribution in [-0.2, 0) is 16.1 Å². The Kier molecular flexibility index (Phi) is 7.62. The molecule has 8 nitrogen and oxygen atoms in total. The van der Waals surface area contributed by atoms with Crippen molar-refractivity contribution in [2.24, 2.45) is 5.41 Å². The summed E-state index contributed by atoms with van der Waals surface area (Å²) in [5.41, 5.74) is 7.73. The normalized spacial score (nSPS) is 23.4. The van der Waals surface area contributed by atoms with E-state index in [1.165, 1.54) is 23.1 Å². The van der Waals surface area contributed by atoms with E-state index in [1.807, 2.05) is 6.07 Å². The summed E-state index contributed by atoms with van der Waals surface area (Å²) >= 11 is 0. The number of amides is 4. The first-order valence-electron chi connectivity index (χ1n) is 15.2. The van der Waals surface area contributed by atoms with Gasteiger partial charge in [0.15, 0.2) is 0 Å². The van der Waals surface area contributed by atoms with E-state index in [-0.39, 0.29) is 18.7 Å². The van der Waals surface area contributed by atoms with Crippen molar-refractivity contribution < 1.29 is 19.2 Å². The molecule has 1 N–H and O–H groups in total. The summed E-state index contributed by atoms with van der Waals surface area (Å²) < 4.78 is 0. The number of imide groups is 2. The van der Waals surface area contributed by atoms with Crippen molar-refractivity contribution >= 4 is 29.2 Å². The van der Waals surface area contributed by atoms with E-state index in [0.717, 1.165) is 56.0 Å². The highest BCUT2D eigenvalue weighted by Crippen LogP contribution is 2.43. The summed E-state index contributed by atoms with van der Waals surface area (Å²) in [6.45, 7) is 12.5. The second kappa shape index (κ2) is 11.2. The maximum atomic E-state index is 13.2. The van der Waals surface area contributed by atoms with Gasteiger partial charge in [0.1, 0.15) is 6.04 Å². The Hall–Kier alpha value is -3.62. The van der Waals surface area contributed by atoms with E-state index in [4.69, 9.17) is 0 Å². The molecule has 0 aromatic heterocycles. The van der Waals surface area contributed by atoms with Gasteiger partial charge in [-0.25, -0.2) is 0 Å². The van der Waals surface area contributed by atoms with Crippen LogP contribution in [0.5, 0.6) is 0 Å². The number of hydrogen-bond donors (Lipinski definition) is 1. The van der Waals surface area contributed by atoms with E-state index >= 15 is 0 Å². The number of nitrogens with zero attached hydrogens (tertiary/aromatic N) is 3. The highest BCUT2D eigenvalue weighted by Gasteiger charge is 2.44. The monoisotopic (exact) mass is 568 g/mol. The summed E-state index contributed by atoms with van der Waals surface area (Å²) in [5.74, 6) is -1.88. The van der Waals surface area contributed by atoms with Crippen LogP contribution in [0.3, 0.4) is 0 Å². The van der Waals surface area contributed by atoms with E-state index in [1.54, 1.807) is 17.7 Å². The van der Waals surface area contributed by atoms with Gasteiger partial charge in [0.05, 0.1) is 11.1 Å². The van der Waals surface area contributed by atoms with Crippen molar-refractivity contribution in [1.82, 2.24) is 20.0 Å². The minimum Gasteiger partial charge on any atom is -0.297 e. The van der Waals surface area contributed by atoms with Gasteiger partial charge in [-0.05, 0) is 66.9 Å². The third-order valence-electron chi connectivity index (χ3n) is 9.38. The lowest BCUT2D eigenvalue weighted by Crippen LogP contribution is -2.54. The second-order valence-electron chi connectivity index (χ2n) is 13.2. The Bertz CT molecular complexity index is 1470. The SMILES string of the molecule is Cc1ccc(C2=C(CN3CCN(Cc4ccc5c(c4)C(=O)N(C4CCC(=O)NC4=O)C5=O)CC3)CCC(C)(C)C2)cc1. The van der Waals surface area contributed by atoms with Crippen LogP contribution in [0.15, 0.2) is 48.0 Å². The molecule has 2 aromatic carbocycles. The number of allylic oxidation sites excluding steroid dienone is 1. The van der Waals surface area contributed by atoms with E-state index < -0.39 is 23.8 Å². The third-order valence-corrected chi connectivity index (χ3v) is 9.38. The van der Waals surface area contributed by atoms with Gasteiger partial charge >= 0.3 is 0 Å². The van der Waals surface area contributed by atoms with Crippen molar-refractivity contribution in [3.63, 3.8) is 0 Å². The number of piperidine rings is 1. The molecule has 1 unspecified atom stereocenters. The molecule has 220 valence electrons. The van der Waals surface area contributed by atoms with Crippen molar-refractivity contribution in [1.29, 1.82) is 0 Å². The van der Waals surface area contributed by atoms with Crippen molar-refractivity contribution in [2.75, 3.05) is 32.7 Å². The zero-order valence-electron chi connectivity index (χ0n) is 24.9. The first-order valence-corrected chi connectivity index (χ1v) is 15.2. The number of piperazine rings is 1. The molecule has 2 aromatic rings. The largest absolute Gasteiger partial charge is 0.297 e. The van der Waals surface area contributed by atoms with Crippen molar-refractivity contribution in [3.05, 3.63) is 75.9 Å². The Labute approximate surface area is 247 Å². The smallest absolute Gasteiger partial charge is 0.262 e. The van der Waals surface area contributed by atoms with E-state index in [2.05, 4.69) is 60.2 Å². The topological polar surface area (TPSA) is 90.0 Å². The number of rotatable bonds is 6. The molecular weight excluding hydrogens is 528 g/mol. The molecule has 1 aliphatic carbocycles. The molecule has 0 radical (unpaired) electrons. The number of benzene rings is 2. The first kappa shape index (κ1) is 28.5. The molecule has 4 amide bonds. The maximum absolute atomic E-state index is 13.2. The van der Waals surface area contributed by atoms with Gasteiger partial charge in [0.2, 0.25) is 11.8 Å². The van der Waals surface area contributed by atoms with Gasteiger partial charge in [-0.2, -0.15) is 0 Å². The van der Waals surface area contributed by atoms with Crippen LogP contribution in [0.4, 0.5) is 0 Å². The Morgan fingerprint density at radius 3 is 2.19 bits per heavy atom. The van der Waals surface area contributed by atoms with Crippen molar-refractivity contribution in [2.45, 2.75) is 65.5 Å². The average Bonchev–Trinajstić information content (AvgIpc) is 3.20. The predicted molar refractivity (Wildman–Crippen MR) is 161 cm³/mol. The molecule has 42 heavy (non-hydrogen) atoms. The van der Waals surface area contributed by atoms with Gasteiger partial charge < -0.3 is 0 Å². The summed E-state index contributed by atoms with van der Waals surface area (Å²) in [7, 11) is 0. The number of carbonyl (C=O) groups excluding carboxylic acids is 4. The first-order chi connectivity index (χ1) is 20.1. The molecule has 4 aliphatic rings. The predicted octanol–water partition coefficient (Wildman–Crippen LogP) is 4.18. The van der Waals surface area contributed by atoms with Gasteiger partial charge in [-0.1, -0.05) is 55.3 Å². The highest BCUT2D eigenvalue weighted by molar-refractivity contribution is 6.23. The van der Waals surface area contributed by atoms with Gasteiger partial charge in [0, 0.05) is 45.7 Å². The van der Waals surface area contributed by atoms with Crippen LogP contribution in [0.1, 0.15) is 83.4 Å². The minimum atomic E-state index is -0.941. The molecule has 2 saturated heterocycles. The molecular formula is C34H40N4O4. The number of fused-ring (bicyclic) bond motifs is 1. The molecule has 6 rings (SSSR count). The molecule has 0 saturated carbocycles. The standard InChI is InChI=1S/C34H40N4O4/c1-22-4-7-24(8-5-22)28-19-34(2,3)13-12-25(28)21-37-16-14-36(15-17-37)20-23-6-9-26-27(18-23)33(42)38(32(26)41)29-10-11-30(39)35-31(29)40/h4-9,18,29H,10-17,19-21H2,1-3H3,(H,35,39,40). The van der Waals surface area contributed by atoms with Gasteiger partial charge in [-0.15, -0.1) is 0 Å². The molecule has 8 heteroatoms. The summed E-state index contributed by atoms with van der Waals surface area (Å²) in [4.78, 5) is 56.1. The number of carbonyl (C=O) groups is 4. The fraction of sp³-hybridized carbons (Fsp3) is 0.471. The van der Waals surface area contributed by atoms with Gasteiger partial charge in [0.25, 0.3) is 11.8 Å². The van der Waals surface area contributed by atoms with Crippen LogP contribution in [-0.4, -0.2) is 77.1 Å². The molecule has 3 heterocycles. The Morgan fingerprint density at radius 2 is 1.50 bits per heavy atom. The fourth-order valence-corrected chi connectivity index (χ4v) is 6.82. The van der Waals surface area contributed by atoms with Gasteiger partial charge in [-0.3, -0.25) is 39.2 Å².